The van der Waals surface area contributed by atoms with Crippen molar-refractivity contribution in [2.45, 2.75) is 12.1 Å². The summed E-state index contributed by atoms with van der Waals surface area (Å²) >= 11 is 1.55. The Morgan fingerprint density at radius 2 is 1.88 bits per heavy atom. The minimum absolute atomic E-state index is 0.0680. The lowest BCUT2D eigenvalue weighted by Gasteiger charge is -2.14. The molecule has 1 aliphatic rings. The van der Waals surface area contributed by atoms with Crippen LogP contribution in [0.3, 0.4) is 0 Å². The van der Waals surface area contributed by atoms with Gasteiger partial charge in [-0.2, -0.15) is 9.78 Å². The Kier molecular flexibility index (Phi) is 3.81. The van der Waals surface area contributed by atoms with Crippen LogP contribution in [0.2, 0.25) is 0 Å². The number of thioether (sulfide) groups is 1. The number of hydrogen-bond donors (Lipinski definition) is 0. The highest BCUT2D eigenvalue weighted by atomic mass is 32.2. The van der Waals surface area contributed by atoms with E-state index in [0.717, 1.165) is 27.6 Å². The Balaban J connectivity index is 1.76. The molecule has 0 fully saturated rings. The summed E-state index contributed by atoms with van der Waals surface area (Å²) in [5.41, 5.74) is 3.84. The summed E-state index contributed by atoms with van der Waals surface area (Å²) in [6.45, 7) is 2.02. The van der Waals surface area contributed by atoms with E-state index in [-0.39, 0.29) is 5.69 Å². The van der Waals surface area contributed by atoms with Crippen LogP contribution in [0.1, 0.15) is 11.1 Å². The number of non-ortho nitro benzene ring substituents is 1. The zero-order chi connectivity index (χ0) is 17.4. The number of nitro benzene ring substituents is 1. The summed E-state index contributed by atoms with van der Waals surface area (Å²) in [7, 11) is 0. The lowest BCUT2D eigenvalue weighted by molar-refractivity contribution is -0.384. The Hall–Kier alpha value is -3.00. The van der Waals surface area contributed by atoms with Gasteiger partial charge in [-0.3, -0.25) is 10.1 Å². The monoisotopic (exact) mass is 351 g/mol. The van der Waals surface area contributed by atoms with Gasteiger partial charge in [0, 0.05) is 23.4 Å². The van der Waals surface area contributed by atoms with Crippen molar-refractivity contribution < 1.29 is 4.92 Å². The van der Waals surface area contributed by atoms with Crippen LogP contribution >= 0.6 is 11.8 Å². The maximum Gasteiger partial charge on any atom is 0.269 e. The SMILES string of the molecule is Cc1ccccc1-c1nnc2n1N=C(c1ccc([N+](=O)[O-])cc1)CS2. The van der Waals surface area contributed by atoms with E-state index < -0.39 is 4.92 Å². The fraction of sp³-hybridized carbons (Fsp3) is 0.118. The van der Waals surface area contributed by atoms with Crippen molar-refractivity contribution in [3.63, 3.8) is 0 Å². The van der Waals surface area contributed by atoms with Gasteiger partial charge in [0.05, 0.1) is 10.6 Å². The van der Waals surface area contributed by atoms with Crippen LogP contribution in [0.4, 0.5) is 5.69 Å². The number of nitrogens with zero attached hydrogens (tertiary/aromatic N) is 5. The highest BCUT2D eigenvalue weighted by molar-refractivity contribution is 7.99. The van der Waals surface area contributed by atoms with Crippen molar-refractivity contribution >= 4 is 23.2 Å². The molecule has 4 rings (SSSR count). The third-order valence-corrected chi connectivity index (χ3v) is 4.90. The van der Waals surface area contributed by atoms with Crippen molar-refractivity contribution in [3.8, 4) is 11.4 Å². The van der Waals surface area contributed by atoms with E-state index in [9.17, 15) is 10.1 Å². The predicted octanol–water partition coefficient (Wildman–Crippen LogP) is 3.52. The molecule has 2 heterocycles. The molecule has 3 aromatic rings. The summed E-state index contributed by atoms with van der Waals surface area (Å²) < 4.78 is 1.74. The van der Waals surface area contributed by atoms with Crippen LogP contribution in [-0.2, 0) is 0 Å². The van der Waals surface area contributed by atoms with Crippen LogP contribution in [0.15, 0.2) is 58.8 Å². The Morgan fingerprint density at radius 1 is 1.12 bits per heavy atom. The van der Waals surface area contributed by atoms with Gasteiger partial charge < -0.3 is 0 Å². The second-order valence-electron chi connectivity index (χ2n) is 5.57. The third kappa shape index (κ3) is 2.80. The zero-order valence-corrected chi connectivity index (χ0v) is 14.1. The summed E-state index contributed by atoms with van der Waals surface area (Å²) in [5.74, 6) is 1.34. The number of nitro groups is 1. The van der Waals surface area contributed by atoms with Crippen molar-refractivity contribution in [1.29, 1.82) is 0 Å². The number of fused-ring (bicyclic) bond motifs is 1. The number of rotatable bonds is 3. The second kappa shape index (κ2) is 6.14. The lowest BCUT2D eigenvalue weighted by Crippen LogP contribution is -2.14. The van der Waals surface area contributed by atoms with E-state index in [0.29, 0.717) is 11.6 Å². The molecule has 0 unspecified atom stereocenters. The Morgan fingerprint density at radius 3 is 2.60 bits per heavy atom. The van der Waals surface area contributed by atoms with Crippen molar-refractivity contribution in [2.75, 3.05) is 5.75 Å². The maximum atomic E-state index is 10.8. The molecule has 0 spiro atoms. The molecule has 25 heavy (non-hydrogen) atoms. The minimum Gasteiger partial charge on any atom is -0.258 e. The molecule has 0 atom stereocenters. The van der Waals surface area contributed by atoms with Crippen molar-refractivity contribution in [2.24, 2.45) is 5.10 Å². The fourth-order valence-electron chi connectivity index (χ4n) is 2.64. The van der Waals surface area contributed by atoms with Crippen molar-refractivity contribution in [3.05, 3.63) is 69.8 Å². The standard InChI is InChI=1S/C17H13N5O2S/c1-11-4-2-3-5-14(11)16-18-19-17-21(16)20-15(10-25-17)12-6-8-13(9-7-12)22(23)24/h2-9H,10H2,1H3. The van der Waals surface area contributed by atoms with Gasteiger partial charge in [0.2, 0.25) is 5.16 Å². The predicted molar refractivity (Wildman–Crippen MR) is 96.0 cm³/mol. The molecule has 8 heteroatoms. The average molecular weight is 351 g/mol. The smallest absolute Gasteiger partial charge is 0.258 e. The van der Waals surface area contributed by atoms with E-state index in [4.69, 9.17) is 0 Å². The van der Waals surface area contributed by atoms with E-state index >= 15 is 0 Å². The second-order valence-corrected chi connectivity index (χ2v) is 6.51. The number of benzene rings is 2. The number of hydrogen-bond acceptors (Lipinski definition) is 6. The van der Waals surface area contributed by atoms with Gasteiger partial charge >= 0.3 is 0 Å². The first-order chi connectivity index (χ1) is 12.1. The summed E-state index contributed by atoms with van der Waals surface area (Å²) in [4.78, 5) is 10.4. The highest BCUT2D eigenvalue weighted by Gasteiger charge is 2.21. The van der Waals surface area contributed by atoms with Crippen LogP contribution in [0.5, 0.6) is 0 Å². The Bertz CT molecular complexity index is 995. The fourth-order valence-corrected chi connectivity index (χ4v) is 3.47. The van der Waals surface area contributed by atoms with Gasteiger partial charge in [0.1, 0.15) is 0 Å². The molecule has 0 radical (unpaired) electrons. The van der Waals surface area contributed by atoms with E-state index in [1.807, 2.05) is 31.2 Å². The average Bonchev–Trinajstić information content (AvgIpc) is 3.05. The normalized spacial score (nSPS) is 13.2. The van der Waals surface area contributed by atoms with Gasteiger partial charge in [-0.05, 0) is 30.2 Å². The zero-order valence-electron chi connectivity index (χ0n) is 13.3. The van der Waals surface area contributed by atoms with Gasteiger partial charge in [0.15, 0.2) is 5.82 Å². The van der Waals surface area contributed by atoms with E-state index in [2.05, 4.69) is 15.3 Å². The number of aromatic nitrogens is 3. The first-order valence-corrected chi connectivity index (χ1v) is 8.59. The quantitative estimate of drug-likeness (QED) is 0.532. The summed E-state index contributed by atoms with van der Waals surface area (Å²) in [6.07, 6.45) is 0. The molecule has 0 bridgehead atoms. The first kappa shape index (κ1) is 15.5. The molecule has 0 saturated carbocycles. The summed E-state index contributed by atoms with van der Waals surface area (Å²) in [5, 5.41) is 24.7. The minimum atomic E-state index is -0.407. The largest absolute Gasteiger partial charge is 0.269 e. The first-order valence-electron chi connectivity index (χ1n) is 7.60. The molecule has 2 aromatic carbocycles. The Labute approximate surface area is 147 Å². The molecule has 7 nitrogen and oxygen atoms in total. The van der Waals surface area contributed by atoms with Crippen LogP contribution < -0.4 is 0 Å². The van der Waals surface area contributed by atoms with Crippen molar-refractivity contribution in [1.82, 2.24) is 14.9 Å². The van der Waals surface area contributed by atoms with E-state index in [1.54, 1.807) is 28.6 Å². The third-order valence-electron chi connectivity index (χ3n) is 3.97. The summed E-state index contributed by atoms with van der Waals surface area (Å²) in [6, 6.07) is 14.4. The molecule has 0 N–H and O–H groups in total. The maximum absolute atomic E-state index is 10.8. The number of aryl methyl sites for hydroxylation is 1. The molecular weight excluding hydrogens is 338 g/mol. The van der Waals surface area contributed by atoms with Gasteiger partial charge in [0.25, 0.3) is 5.69 Å². The van der Waals surface area contributed by atoms with Gasteiger partial charge in [-0.15, -0.1) is 10.2 Å². The molecule has 0 saturated heterocycles. The molecule has 0 amide bonds. The van der Waals surface area contributed by atoms with Crippen LogP contribution in [-0.4, -0.2) is 31.3 Å². The van der Waals surface area contributed by atoms with Gasteiger partial charge in [-0.1, -0.05) is 36.0 Å². The van der Waals surface area contributed by atoms with Gasteiger partial charge in [-0.25, -0.2) is 0 Å². The van der Waals surface area contributed by atoms with Crippen LogP contribution in [0.25, 0.3) is 11.4 Å². The molecule has 124 valence electrons. The lowest BCUT2D eigenvalue weighted by atomic mass is 10.1. The molecule has 1 aromatic heterocycles. The van der Waals surface area contributed by atoms with E-state index in [1.165, 1.54) is 12.1 Å². The molecule has 0 aliphatic carbocycles. The molecular formula is C17H13N5O2S. The van der Waals surface area contributed by atoms with Crippen LogP contribution in [0, 0.1) is 17.0 Å². The topological polar surface area (TPSA) is 86.2 Å². The molecule has 1 aliphatic heterocycles. The highest BCUT2D eigenvalue weighted by Crippen LogP contribution is 2.30.